The molecule has 1 aliphatic carbocycles. The highest BCUT2D eigenvalue weighted by Crippen LogP contribution is 2.50. The molecule has 1 heterocycles. The van der Waals surface area contributed by atoms with Crippen molar-refractivity contribution in [3.63, 3.8) is 0 Å². The zero-order chi connectivity index (χ0) is 17.5. The van der Waals surface area contributed by atoms with Crippen molar-refractivity contribution < 1.29 is 14.3 Å². The van der Waals surface area contributed by atoms with Crippen LogP contribution in [-0.4, -0.2) is 19.1 Å². The molecule has 2 atom stereocenters. The third-order valence-electron chi connectivity index (χ3n) is 5.17. The summed E-state index contributed by atoms with van der Waals surface area (Å²) in [5.41, 5.74) is 2.02. The summed E-state index contributed by atoms with van der Waals surface area (Å²) in [5, 5.41) is 5.31. The lowest BCUT2D eigenvalue weighted by Crippen LogP contribution is -2.16. The van der Waals surface area contributed by atoms with Gasteiger partial charge in [0.2, 0.25) is 5.91 Å². The van der Waals surface area contributed by atoms with Gasteiger partial charge in [-0.15, -0.1) is 0 Å². The van der Waals surface area contributed by atoms with Crippen LogP contribution in [0.2, 0.25) is 0 Å². The van der Waals surface area contributed by atoms with Crippen LogP contribution in [0.1, 0.15) is 17.9 Å². The first-order valence-corrected chi connectivity index (χ1v) is 8.98. The summed E-state index contributed by atoms with van der Waals surface area (Å²) in [5.74, 6) is 1.92. The first-order valence-electron chi connectivity index (χ1n) is 8.98. The lowest BCUT2D eigenvalue weighted by molar-refractivity contribution is -0.117. The van der Waals surface area contributed by atoms with Gasteiger partial charge in [0, 0.05) is 17.0 Å². The zero-order valence-electron chi connectivity index (χ0n) is 14.3. The van der Waals surface area contributed by atoms with Crippen molar-refractivity contribution in [1.82, 2.24) is 0 Å². The van der Waals surface area contributed by atoms with Crippen LogP contribution in [0.4, 0.5) is 5.69 Å². The number of ether oxygens (including phenoxy) is 2. The molecule has 1 fully saturated rings. The van der Waals surface area contributed by atoms with Crippen molar-refractivity contribution in [2.24, 2.45) is 5.92 Å². The van der Waals surface area contributed by atoms with E-state index >= 15 is 0 Å². The average Bonchev–Trinajstić information content (AvgIpc) is 3.49. The maximum atomic E-state index is 12.7. The Bertz CT molecular complexity index is 992. The van der Waals surface area contributed by atoms with E-state index in [1.54, 1.807) is 0 Å². The lowest BCUT2D eigenvalue weighted by Gasteiger charge is -2.18. The highest BCUT2D eigenvalue weighted by atomic mass is 16.6. The molecule has 3 aromatic carbocycles. The van der Waals surface area contributed by atoms with E-state index in [1.165, 1.54) is 0 Å². The fourth-order valence-corrected chi connectivity index (χ4v) is 3.70. The van der Waals surface area contributed by atoms with Gasteiger partial charge in [-0.1, -0.05) is 42.5 Å². The summed E-state index contributed by atoms with van der Waals surface area (Å²) in [6, 6.07) is 20.1. The van der Waals surface area contributed by atoms with Crippen LogP contribution < -0.4 is 14.8 Å². The van der Waals surface area contributed by atoms with E-state index in [9.17, 15) is 4.79 Å². The van der Waals surface area contributed by atoms with E-state index in [1.807, 2.05) is 48.5 Å². The molecule has 1 saturated carbocycles. The Kier molecular flexibility index (Phi) is 3.56. The molecule has 3 aromatic rings. The molecular weight excluding hydrogens is 326 g/mol. The number of nitrogens with one attached hydrogen (secondary N) is 1. The molecule has 4 heteroatoms. The van der Waals surface area contributed by atoms with Crippen LogP contribution in [0, 0.1) is 5.92 Å². The number of hydrogen-bond donors (Lipinski definition) is 1. The minimum atomic E-state index is 0.0107. The van der Waals surface area contributed by atoms with Gasteiger partial charge in [0.05, 0.1) is 0 Å². The maximum absolute atomic E-state index is 12.7. The summed E-state index contributed by atoms with van der Waals surface area (Å²) in [6.07, 6.45) is 0.871. The molecule has 4 nitrogen and oxygen atoms in total. The molecule has 0 spiro atoms. The number of hydrogen-bond acceptors (Lipinski definition) is 3. The van der Waals surface area contributed by atoms with Gasteiger partial charge in [0.15, 0.2) is 11.5 Å². The normalized spacial score (nSPS) is 20.6. The van der Waals surface area contributed by atoms with Crippen molar-refractivity contribution >= 4 is 22.4 Å². The van der Waals surface area contributed by atoms with E-state index in [2.05, 4.69) is 17.4 Å². The van der Waals surface area contributed by atoms with Gasteiger partial charge >= 0.3 is 0 Å². The van der Waals surface area contributed by atoms with Gasteiger partial charge in [0.25, 0.3) is 0 Å². The molecule has 2 unspecified atom stereocenters. The number of anilines is 1. The highest BCUT2D eigenvalue weighted by Gasteiger charge is 2.44. The lowest BCUT2D eigenvalue weighted by atomic mass is 10.1. The number of rotatable bonds is 3. The summed E-state index contributed by atoms with van der Waals surface area (Å²) in [6.45, 7) is 1.16. The fourth-order valence-electron chi connectivity index (χ4n) is 3.70. The standard InChI is InChI=1S/C22H19NO3/c24-22(23-19-7-3-5-14-4-1-2-6-16(14)19)18-13-17(18)15-8-9-20-21(12-15)26-11-10-25-20/h1-9,12,17-18H,10-11,13H2,(H,23,24). The number of carbonyl (C=O) groups is 1. The Labute approximate surface area is 151 Å². The minimum Gasteiger partial charge on any atom is -0.486 e. The van der Waals surface area contributed by atoms with Crippen molar-refractivity contribution in [3.8, 4) is 11.5 Å². The van der Waals surface area contributed by atoms with Crippen molar-refractivity contribution in [2.75, 3.05) is 18.5 Å². The molecular formula is C22H19NO3. The number of carbonyl (C=O) groups excluding carboxylic acids is 1. The highest BCUT2D eigenvalue weighted by molar-refractivity contribution is 6.03. The number of benzene rings is 3. The SMILES string of the molecule is O=C(Nc1cccc2ccccc12)C1CC1c1ccc2c(c1)OCCO2. The van der Waals surface area contributed by atoms with E-state index in [4.69, 9.17) is 9.47 Å². The van der Waals surface area contributed by atoms with E-state index in [-0.39, 0.29) is 17.7 Å². The molecule has 0 aromatic heterocycles. The molecule has 1 amide bonds. The molecule has 0 bridgehead atoms. The maximum Gasteiger partial charge on any atom is 0.228 e. The molecule has 5 rings (SSSR count). The molecule has 26 heavy (non-hydrogen) atoms. The third-order valence-corrected chi connectivity index (χ3v) is 5.17. The first kappa shape index (κ1) is 15.3. The summed E-state index contributed by atoms with van der Waals surface area (Å²) >= 11 is 0. The van der Waals surface area contributed by atoms with Crippen molar-refractivity contribution in [1.29, 1.82) is 0 Å². The smallest absolute Gasteiger partial charge is 0.228 e. The molecule has 0 saturated heterocycles. The largest absolute Gasteiger partial charge is 0.486 e. The van der Waals surface area contributed by atoms with Gasteiger partial charge < -0.3 is 14.8 Å². The predicted molar refractivity (Wildman–Crippen MR) is 101 cm³/mol. The average molecular weight is 345 g/mol. The fraction of sp³-hybridized carbons (Fsp3) is 0.227. The molecule has 1 N–H and O–H groups in total. The van der Waals surface area contributed by atoms with E-state index in [0.29, 0.717) is 13.2 Å². The molecule has 0 radical (unpaired) electrons. The van der Waals surface area contributed by atoms with Crippen LogP contribution >= 0.6 is 0 Å². The Morgan fingerprint density at radius 1 is 0.923 bits per heavy atom. The zero-order valence-corrected chi connectivity index (χ0v) is 14.3. The Balaban J connectivity index is 1.33. The predicted octanol–water partition coefficient (Wildman–Crippen LogP) is 4.35. The second-order valence-corrected chi connectivity index (χ2v) is 6.87. The second kappa shape index (κ2) is 6.06. The third kappa shape index (κ3) is 2.68. The van der Waals surface area contributed by atoms with Crippen LogP contribution in [0.5, 0.6) is 11.5 Å². The number of amides is 1. The van der Waals surface area contributed by atoms with Crippen LogP contribution in [0.15, 0.2) is 60.7 Å². The van der Waals surface area contributed by atoms with Gasteiger partial charge in [-0.2, -0.15) is 0 Å². The second-order valence-electron chi connectivity index (χ2n) is 6.87. The molecule has 130 valence electrons. The van der Waals surface area contributed by atoms with Gasteiger partial charge in [-0.05, 0) is 41.5 Å². The minimum absolute atomic E-state index is 0.0107. The molecule has 1 aliphatic heterocycles. The quantitative estimate of drug-likeness (QED) is 0.767. The van der Waals surface area contributed by atoms with Gasteiger partial charge in [-0.3, -0.25) is 4.79 Å². The van der Waals surface area contributed by atoms with Gasteiger partial charge in [-0.25, -0.2) is 0 Å². The van der Waals surface area contributed by atoms with Crippen LogP contribution in [0.3, 0.4) is 0 Å². The van der Waals surface area contributed by atoms with Crippen LogP contribution in [0.25, 0.3) is 10.8 Å². The van der Waals surface area contributed by atoms with Crippen molar-refractivity contribution in [2.45, 2.75) is 12.3 Å². The Morgan fingerprint density at radius 2 is 1.73 bits per heavy atom. The van der Waals surface area contributed by atoms with Gasteiger partial charge in [0.1, 0.15) is 13.2 Å². The van der Waals surface area contributed by atoms with E-state index < -0.39 is 0 Å². The Morgan fingerprint density at radius 3 is 2.65 bits per heavy atom. The summed E-state index contributed by atoms with van der Waals surface area (Å²) in [7, 11) is 0. The van der Waals surface area contributed by atoms with Crippen LogP contribution in [-0.2, 0) is 4.79 Å². The first-order chi connectivity index (χ1) is 12.8. The summed E-state index contributed by atoms with van der Waals surface area (Å²) < 4.78 is 11.2. The monoisotopic (exact) mass is 345 g/mol. The topological polar surface area (TPSA) is 47.6 Å². The summed E-state index contributed by atoms with van der Waals surface area (Å²) in [4.78, 5) is 12.7. The Hall–Kier alpha value is -3.01. The van der Waals surface area contributed by atoms with Crippen molar-refractivity contribution in [3.05, 3.63) is 66.2 Å². The number of fused-ring (bicyclic) bond motifs is 2. The molecule has 2 aliphatic rings. The van der Waals surface area contributed by atoms with E-state index in [0.717, 1.165) is 39.9 Å².